The van der Waals surface area contributed by atoms with Crippen LogP contribution in [0.3, 0.4) is 0 Å². The summed E-state index contributed by atoms with van der Waals surface area (Å²) in [5.74, 6) is 0.532. The zero-order chi connectivity index (χ0) is 19.8. The van der Waals surface area contributed by atoms with Gasteiger partial charge in [-0.25, -0.2) is 9.97 Å². The van der Waals surface area contributed by atoms with E-state index in [0.717, 1.165) is 42.1 Å². The Balaban J connectivity index is 1.75. The smallest absolute Gasteiger partial charge is 0.227 e. The Labute approximate surface area is 166 Å². The highest BCUT2D eigenvalue weighted by Crippen LogP contribution is 2.21. The van der Waals surface area contributed by atoms with Crippen LogP contribution in [0.4, 0.5) is 11.6 Å². The van der Waals surface area contributed by atoms with Crippen LogP contribution in [0.5, 0.6) is 0 Å². The number of nitrogens with zero attached hydrogens (tertiary/aromatic N) is 3. The number of rotatable bonds is 9. The van der Waals surface area contributed by atoms with Crippen LogP contribution in [0, 0.1) is 0 Å². The molecule has 2 aromatic carbocycles. The fourth-order valence-electron chi connectivity index (χ4n) is 2.98. The van der Waals surface area contributed by atoms with Crippen LogP contribution in [0.2, 0.25) is 0 Å². The first-order chi connectivity index (χ1) is 13.7. The molecule has 0 amide bonds. The third-order valence-corrected chi connectivity index (χ3v) is 4.44. The number of aliphatic hydroxyl groups is 1. The summed E-state index contributed by atoms with van der Waals surface area (Å²) in [6, 6.07) is 17.9. The van der Waals surface area contributed by atoms with Gasteiger partial charge in [0.05, 0.1) is 12.3 Å². The van der Waals surface area contributed by atoms with Crippen LogP contribution in [0.25, 0.3) is 11.3 Å². The van der Waals surface area contributed by atoms with Gasteiger partial charge >= 0.3 is 0 Å². The zero-order valence-electron chi connectivity index (χ0n) is 16.4. The van der Waals surface area contributed by atoms with Gasteiger partial charge in [0, 0.05) is 37.1 Å². The highest BCUT2D eigenvalue weighted by atomic mass is 16.3. The summed E-state index contributed by atoms with van der Waals surface area (Å²) in [4.78, 5) is 11.3. The Kier molecular flexibility index (Phi) is 7.08. The fourth-order valence-corrected chi connectivity index (χ4v) is 2.98. The highest BCUT2D eigenvalue weighted by molar-refractivity contribution is 5.62. The molecule has 6 heteroatoms. The van der Waals surface area contributed by atoms with Crippen molar-refractivity contribution < 1.29 is 5.11 Å². The molecule has 0 bridgehead atoms. The van der Waals surface area contributed by atoms with E-state index in [2.05, 4.69) is 56.8 Å². The normalized spacial score (nSPS) is 11.0. The topological polar surface area (TPSA) is 73.3 Å². The van der Waals surface area contributed by atoms with Gasteiger partial charge in [-0.2, -0.15) is 0 Å². The summed E-state index contributed by atoms with van der Waals surface area (Å²) in [5, 5.41) is 15.7. The second-order valence-corrected chi connectivity index (χ2v) is 6.79. The number of hydrogen-bond donors (Lipinski definition) is 3. The van der Waals surface area contributed by atoms with Crippen LogP contribution in [0.1, 0.15) is 11.1 Å². The van der Waals surface area contributed by atoms with Gasteiger partial charge in [0.15, 0.2) is 0 Å². The average molecular weight is 377 g/mol. The van der Waals surface area contributed by atoms with Crippen molar-refractivity contribution in [1.29, 1.82) is 0 Å². The van der Waals surface area contributed by atoms with Crippen molar-refractivity contribution in [3.05, 3.63) is 71.9 Å². The van der Waals surface area contributed by atoms with Gasteiger partial charge in [-0.15, -0.1) is 0 Å². The van der Waals surface area contributed by atoms with E-state index in [9.17, 15) is 5.11 Å². The SMILES string of the molecule is CNCCN(C)Cc1cccc(-c2ccnc(Nc3cccc(CO)c3)n2)c1. The molecule has 0 saturated heterocycles. The number of aliphatic hydroxyl groups excluding tert-OH is 1. The molecule has 3 rings (SSSR count). The molecule has 0 aliphatic heterocycles. The van der Waals surface area contributed by atoms with E-state index in [1.165, 1.54) is 5.56 Å². The minimum Gasteiger partial charge on any atom is -0.392 e. The summed E-state index contributed by atoms with van der Waals surface area (Å²) in [6.07, 6.45) is 1.76. The molecule has 0 aliphatic carbocycles. The minimum atomic E-state index is 0.00593. The molecule has 0 atom stereocenters. The molecule has 3 N–H and O–H groups in total. The van der Waals surface area contributed by atoms with E-state index in [0.29, 0.717) is 5.95 Å². The molecule has 3 aromatic rings. The van der Waals surface area contributed by atoms with Crippen molar-refractivity contribution in [2.24, 2.45) is 0 Å². The first-order valence-corrected chi connectivity index (χ1v) is 9.40. The lowest BCUT2D eigenvalue weighted by atomic mass is 10.1. The van der Waals surface area contributed by atoms with Crippen molar-refractivity contribution >= 4 is 11.6 Å². The molecule has 0 radical (unpaired) electrons. The minimum absolute atomic E-state index is 0.00593. The van der Waals surface area contributed by atoms with E-state index >= 15 is 0 Å². The van der Waals surface area contributed by atoms with Crippen molar-refractivity contribution in [2.75, 3.05) is 32.5 Å². The molecule has 146 valence electrons. The summed E-state index contributed by atoms with van der Waals surface area (Å²) in [7, 11) is 4.09. The van der Waals surface area contributed by atoms with Crippen LogP contribution < -0.4 is 10.6 Å². The molecule has 6 nitrogen and oxygen atoms in total. The molecular formula is C22H27N5O. The van der Waals surface area contributed by atoms with Crippen molar-refractivity contribution in [3.63, 3.8) is 0 Å². The molecule has 0 unspecified atom stereocenters. The monoisotopic (exact) mass is 377 g/mol. The molecule has 0 aliphatic rings. The average Bonchev–Trinajstić information content (AvgIpc) is 2.73. The molecule has 0 spiro atoms. The summed E-state index contributed by atoms with van der Waals surface area (Å²) >= 11 is 0. The molecule has 1 aromatic heterocycles. The number of hydrogen-bond acceptors (Lipinski definition) is 6. The first-order valence-electron chi connectivity index (χ1n) is 9.40. The lowest BCUT2D eigenvalue weighted by Crippen LogP contribution is -2.26. The quantitative estimate of drug-likeness (QED) is 0.532. The number of aromatic nitrogens is 2. The Morgan fingerprint density at radius 1 is 1.04 bits per heavy atom. The maximum atomic E-state index is 9.29. The Hall–Kier alpha value is -2.80. The largest absolute Gasteiger partial charge is 0.392 e. The number of likely N-dealkylation sites (N-methyl/N-ethyl adjacent to an activating group) is 2. The standard InChI is InChI=1S/C22H27N5O/c1-23-11-12-27(2)15-17-5-3-7-19(13-17)21-9-10-24-22(26-21)25-20-8-4-6-18(14-20)16-28/h3-10,13-14,23,28H,11-12,15-16H2,1-2H3,(H,24,25,26). The summed E-state index contributed by atoms with van der Waals surface area (Å²) in [6.45, 7) is 2.86. The van der Waals surface area contributed by atoms with E-state index < -0.39 is 0 Å². The van der Waals surface area contributed by atoms with Crippen molar-refractivity contribution in [3.8, 4) is 11.3 Å². The molecule has 0 fully saturated rings. The second-order valence-electron chi connectivity index (χ2n) is 6.79. The second kappa shape index (κ2) is 9.94. The zero-order valence-corrected chi connectivity index (χ0v) is 16.4. The van der Waals surface area contributed by atoms with Crippen LogP contribution in [-0.4, -0.2) is 47.2 Å². The third-order valence-electron chi connectivity index (χ3n) is 4.44. The van der Waals surface area contributed by atoms with E-state index in [1.807, 2.05) is 37.4 Å². The van der Waals surface area contributed by atoms with Crippen molar-refractivity contribution in [1.82, 2.24) is 20.2 Å². The molecule has 0 saturated carbocycles. The Morgan fingerprint density at radius 3 is 2.68 bits per heavy atom. The number of nitrogens with one attached hydrogen (secondary N) is 2. The van der Waals surface area contributed by atoms with Gasteiger partial charge in [-0.3, -0.25) is 0 Å². The Bertz CT molecular complexity index is 899. The fraction of sp³-hybridized carbons (Fsp3) is 0.273. The van der Waals surface area contributed by atoms with Gasteiger partial charge in [0.25, 0.3) is 0 Å². The van der Waals surface area contributed by atoms with Gasteiger partial charge in [0.2, 0.25) is 5.95 Å². The van der Waals surface area contributed by atoms with Crippen molar-refractivity contribution in [2.45, 2.75) is 13.2 Å². The molecule has 1 heterocycles. The predicted octanol–water partition coefficient (Wildman–Crippen LogP) is 3.03. The van der Waals surface area contributed by atoms with E-state index in [1.54, 1.807) is 6.20 Å². The molecule has 28 heavy (non-hydrogen) atoms. The third kappa shape index (κ3) is 5.60. The number of benzene rings is 2. The summed E-state index contributed by atoms with van der Waals surface area (Å²) in [5.41, 5.74) is 4.88. The maximum Gasteiger partial charge on any atom is 0.227 e. The maximum absolute atomic E-state index is 9.29. The summed E-state index contributed by atoms with van der Waals surface area (Å²) < 4.78 is 0. The Morgan fingerprint density at radius 2 is 1.86 bits per heavy atom. The van der Waals surface area contributed by atoms with Gasteiger partial charge < -0.3 is 20.6 Å². The lowest BCUT2D eigenvalue weighted by molar-refractivity contribution is 0.282. The predicted molar refractivity (Wildman–Crippen MR) is 113 cm³/mol. The number of anilines is 2. The van der Waals surface area contributed by atoms with E-state index in [4.69, 9.17) is 0 Å². The first kappa shape index (κ1) is 19.9. The van der Waals surface area contributed by atoms with Crippen LogP contribution in [-0.2, 0) is 13.2 Å². The van der Waals surface area contributed by atoms with Gasteiger partial charge in [-0.1, -0.05) is 30.3 Å². The van der Waals surface area contributed by atoms with Gasteiger partial charge in [-0.05, 0) is 49.5 Å². The molecular weight excluding hydrogens is 350 g/mol. The van der Waals surface area contributed by atoms with Gasteiger partial charge in [0.1, 0.15) is 0 Å². The van der Waals surface area contributed by atoms with Crippen LogP contribution >= 0.6 is 0 Å². The van der Waals surface area contributed by atoms with E-state index in [-0.39, 0.29) is 6.61 Å². The lowest BCUT2D eigenvalue weighted by Gasteiger charge is -2.16. The van der Waals surface area contributed by atoms with Crippen LogP contribution in [0.15, 0.2) is 60.8 Å². The highest BCUT2D eigenvalue weighted by Gasteiger charge is 2.06.